The minimum atomic E-state index is -0.862. The number of aryl methyl sites for hydroxylation is 2. The van der Waals surface area contributed by atoms with Crippen LogP contribution in [0.5, 0.6) is 11.5 Å². The van der Waals surface area contributed by atoms with Gasteiger partial charge in [-0.05, 0) is 86.3 Å². The molecule has 3 aromatic carbocycles. The zero-order valence-electron chi connectivity index (χ0n) is 22.4. The van der Waals surface area contributed by atoms with E-state index in [0.717, 1.165) is 27.8 Å². The molecule has 0 saturated carbocycles. The minimum absolute atomic E-state index is 0.0125. The first kappa shape index (κ1) is 26.4. The summed E-state index contributed by atoms with van der Waals surface area (Å²) in [6, 6.07) is 17.3. The fraction of sp³-hybridized carbons (Fsp3) is 0.258. The standard InChI is InChI=1S/C31H30N2O5S/c1-5-15-38-23-13-9-21(10-14-23)28(34)25-27(20-7-11-22(12-8-20)37-6-2)33(30(36)29(25)35)31-32-26-19(4)16-18(3)17-24(26)39-31/h7-14,16-17,27,34H,5-6,15H2,1-4H3/b28-25+. The third kappa shape index (κ3) is 5.00. The smallest absolute Gasteiger partial charge is 0.301 e. The lowest BCUT2D eigenvalue weighted by molar-refractivity contribution is -0.132. The molecule has 4 aromatic rings. The molecule has 0 spiro atoms. The predicted octanol–water partition coefficient (Wildman–Crippen LogP) is 6.73. The van der Waals surface area contributed by atoms with Crippen LogP contribution in [-0.4, -0.2) is 35.0 Å². The van der Waals surface area contributed by atoms with Crippen molar-refractivity contribution in [3.63, 3.8) is 0 Å². The van der Waals surface area contributed by atoms with Gasteiger partial charge in [-0.3, -0.25) is 14.5 Å². The highest BCUT2D eigenvalue weighted by molar-refractivity contribution is 7.22. The summed E-state index contributed by atoms with van der Waals surface area (Å²) < 4.78 is 12.2. The quantitative estimate of drug-likeness (QED) is 0.151. The number of nitrogens with zero attached hydrogens (tertiary/aromatic N) is 2. The zero-order chi connectivity index (χ0) is 27.7. The number of thiazole rings is 1. The summed E-state index contributed by atoms with van der Waals surface area (Å²) in [6.45, 7) is 9.00. The number of hydrogen-bond acceptors (Lipinski definition) is 7. The van der Waals surface area contributed by atoms with Gasteiger partial charge in [0, 0.05) is 5.56 Å². The molecular weight excluding hydrogens is 512 g/mol. The highest BCUT2D eigenvalue weighted by Crippen LogP contribution is 2.45. The molecule has 1 atom stereocenters. The molecule has 1 N–H and O–H groups in total. The number of ketones is 1. The Bertz CT molecular complexity index is 1570. The van der Waals surface area contributed by atoms with E-state index in [1.807, 2.05) is 52.0 Å². The average molecular weight is 543 g/mol. The summed E-state index contributed by atoms with van der Waals surface area (Å²) in [5.74, 6) is -0.398. The van der Waals surface area contributed by atoms with Crippen LogP contribution >= 0.6 is 11.3 Å². The van der Waals surface area contributed by atoms with Gasteiger partial charge in [0.15, 0.2) is 5.13 Å². The molecule has 1 aliphatic rings. The van der Waals surface area contributed by atoms with Gasteiger partial charge in [-0.1, -0.05) is 36.5 Å². The van der Waals surface area contributed by atoms with Gasteiger partial charge >= 0.3 is 5.91 Å². The Labute approximate surface area is 231 Å². The summed E-state index contributed by atoms with van der Waals surface area (Å²) >= 11 is 1.35. The molecule has 0 radical (unpaired) electrons. The Morgan fingerprint density at radius 3 is 2.31 bits per heavy atom. The van der Waals surface area contributed by atoms with Crippen LogP contribution in [0.15, 0.2) is 66.2 Å². The van der Waals surface area contributed by atoms with Crippen molar-refractivity contribution < 1.29 is 24.2 Å². The number of Topliss-reactive ketones (excluding diaryl/α,β-unsaturated/α-hetero) is 1. The Balaban J connectivity index is 1.65. The van der Waals surface area contributed by atoms with E-state index in [1.54, 1.807) is 36.4 Å². The van der Waals surface area contributed by atoms with E-state index in [1.165, 1.54) is 16.2 Å². The Hall–Kier alpha value is -4.17. The Kier molecular flexibility index (Phi) is 7.39. The summed E-state index contributed by atoms with van der Waals surface area (Å²) in [5, 5.41) is 11.8. The molecule has 39 heavy (non-hydrogen) atoms. The number of rotatable bonds is 8. The SMILES string of the molecule is CCCOc1ccc(/C(O)=C2\C(=O)C(=O)N(c3nc4c(C)cc(C)cc4s3)C2c2ccc(OCC)cc2)cc1. The highest BCUT2D eigenvalue weighted by Gasteiger charge is 2.48. The number of fused-ring (bicyclic) bond motifs is 1. The lowest BCUT2D eigenvalue weighted by atomic mass is 9.95. The molecule has 8 heteroatoms. The van der Waals surface area contributed by atoms with E-state index in [0.29, 0.717) is 41.0 Å². The second-order valence-electron chi connectivity index (χ2n) is 9.47. The second kappa shape index (κ2) is 10.9. The first-order chi connectivity index (χ1) is 18.8. The maximum atomic E-state index is 13.6. The first-order valence-corrected chi connectivity index (χ1v) is 13.8. The van der Waals surface area contributed by atoms with Crippen LogP contribution in [0.1, 0.15) is 48.6 Å². The van der Waals surface area contributed by atoms with Crippen molar-refractivity contribution in [1.82, 2.24) is 4.98 Å². The van der Waals surface area contributed by atoms with Crippen molar-refractivity contribution in [3.8, 4) is 11.5 Å². The lowest BCUT2D eigenvalue weighted by Gasteiger charge is -2.23. The van der Waals surface area contributed by atoms with Gasteiger partial charge in [-0.2, -0.15) is 0 Å². The van der Waals surface area contributed by atoms with Crippen LogP contribution in [-0.2, 0) is 9.59 Å². The van der Waals surface area contributed by atoms with Gasteiger partial charge in [0.1, 0.15) is 17.3 Å². The molecule has 7 nitrogen and oxygen atoms in total. The number of ether oxygens (including phenoxy) is 2. The summed E-state index contributed by atoms with van der Waals surface area (Å²) in [6.07, 6.45) is 0.873. The molecular formula is C31H30N2O5S. The highest BCUT2D eigenvalue weighted by atomic mass is 32.1. The molecule has 0 bridgehead atoms. The van der Waals surface area contributed by atoms with Crippen LogP contribution in [0, 0.1) is 13.8 Å². The molecule has 0 aliphatic carbocycles. The number of carbonyl (C=O) groups is 2. The van der Waals surface area contributed by atoms with Crippen molar-refractivity contribution in [3.05, 3.63) is 88.5 Å². The van der Waals surface area contributed by atoms with Gasteiger partial charge < -0.3 is 14.6 Å². The maximum Gasteiger partial charge on any atom is 0.301 e. The van der Waals surface area contributed by atoms with Crippen molar-refractivity contribution >= 4 is 44.1 Å². The average Bonchev–Trinajstić information content (AvgIpc) is 3.46. The predicted molar refractivity (Wildman–Crippen MR) is 154 cm³/mol. The number of carbonyl (C=O) groups excluding carboxylic acids is 2. The topological polar surface area (TPSA) is 89.0 Å². The molecule has 2 heterocycles. The van der Waals surface area contributed by atoms with E-state index in [2.05, 4.69) is 0 Å². The van der Waals surface area contributed by atoms with Crippen molar-refractivity contribution in [2.45, 2.75) is 40.2 Å². The Morgan fingerprint density at radius 1 is 0.974 bits per heavy atom. The fourth-order valence-corrected chi connectivity index (χ4v) is 5.97. The molecule has 5 rings (SSSR count). The van der Waals surface area contributed by atoms with Gasteiger partial charge in [-0.15, -0.1) is 0 Å². The van der Waals surface area contributed by atoms with E-state index in [9.17, 15) is 14.7 Å². The second-order valence-corrected chi connectivity index (χ2v) is 10.5. The monoisotopic (exact) mass is 542 g/mol. The van der Waals surface area contributed by atoms with E-state index in [4.69, 9.17) is 14.5 Å². The number of aromatic nitrogens is 1. The lowest BCUT2D eigenvalue weighted by Crippen LogP contribution is -2.29. The molecule has 1 aromatic heterocycles. The van der Waals surface area contributed by atoms with Crippen LogP contribution in [0.4, 0.5) is 5.13 Å². The summed E-state index contributed by atoms with van der Waals surface area (Å²) in [4.78, 5) is 33.3. The molecule has 1 aliphatic heterocycles. The summed E-state index contributed by atoms with van der Waals surface area (Å²) in [5.41, 5.74) is 3.96. The number of anilines is 1. The largest absolute Gasteiger partial charge is 0.507 e. The van der Waals surface area contributed by atoms with Crippen molar-refractivity contribution in [2.24, 2.45) is 0 Å². The van der Waals surface area contributed by atoms with Crippen molar-refractivity contribution in [2.75, 3.05) is 18.1 Å². The third-order valence-corrected chi connectivity index (χ3v) is 7.58. The zero-order valence-corrected chi connectivity index (χ0v) is 23.2. The maximum absolute atomic E-state index is 13.6. The van der Waals surface area contributed by atoms with Crippen LogP contribution in [0.3, 0.4) is 0 Å². The third-order valence-electron chi connectivity index (χ3n) is 6.58. The van der Waals surface area contributed by atoms with Gasteiger partial charge in [-0.25, -0.2) is 4.98 Å². The Morgan fingerprint density at radius 2 is 1.64 bits per heavy atom. The normalized spacial score (nSPS) is 16.7. The van der Waals surface area contributed by atoms with Gasteiger partial charge in [0.25, 0.3) is 5.78 Å². The minimum Gasteiger partial charge on any atom is -0.507 e. The number of aliphatic hydroxyl groups excluding tert-OH is 1. The number of aliphatic hydroxyl groups is 1. The molecule has 1 saturated heterocycles. The molecule has 1 amide bonds. The number of amides is 1. The van der Waals surface area contributed by atoms with Gasteiger partial charge in [0.05, 0.1) is 35.0 Å². The molecule has 1 unspecified atom stereocenters. The van der Waals surface area contributed by atoms with Crippen molar-refractivity contribution in [1.29, 1.82) is 0 Å². The molecule has 200 valence electrons. The van der Waals surface area contributed by atoms with Crippen LogP contribution in [0.25, 0.3) is 16.0 Å². The van der Waals surface area contributed by atoms with E-state index < -0.39 is 17.7 Å². The fourth-order valence-electron chi connectivity index (χ4n) is 4.80. The number of hydrogen-bond donors (Lipinski definition) is 1. The number of benzene rings is 3. The molecule has 1 fully saturated rings. The van der Waals surface area contributed by atoms with E-state index >= 15 is 0 Å². The van der Waals surface area contributed by atoms with Crippen LogP contribution < -0.4 is 14.4 Å². The summed E-state index contributed by atoms with van der Waals surface area (Å²) in [7, 11) is 0. The van der Waals surface area contributed by atoms with Crippen LogP contribution in [0.2, 0.25) is 0 Å². The van der Waals surface area contributed by atoms with E-state index in [-0.39, 0.29) is 11.3 Å². The van der Waals surface area contributed by atoms with Gasteiger partial charge in [0.2, 0.25) is 0 Å². The first-order valence-electron chi connectivity index (χ1n) is 13.0.